The minimum atomic E-state index is -0.226. The van der Waals surface area contributed by atoms with Gasteiger partial charge in [-0.05, 0) is 49.7 Å². The Kier molecular flexibility index (Phi) is 8.65. The normalized spacial score (nSPS) is 22.1. The minimum Gasteiger partial charge on any atom is -0.380 e. The summed E-state index contributed by atoms with van der Waals surface area (Å²) in [5.41, 5.74) is 1.17. The zero-order valence-corrected chi connectivity index (χ0v) is 20.3. The molecule has 1 saturated carbocycles. The summed E-state index contributed by atoms with van der Waals surface area (Å²) >= 11 is 0. The molecule has 7 heteroatoms. The van der Waals surface area contributed by atoms with Gasteiger partial charge in [-0.2, -0.15) is 0 Å². The first-order valence-corrected chi connectivity index (χ1v) is 12.2. The van der Waals surface area contributed by atoms with Gasteiger partial charge in [-0.25, -0.2) is 4.98 Å². The lowest BCUT2D eigenvalue weighted by Crippen LogP contribution is -2.52. The van der Waals surface area contributed by atoms with Crippen molar-refractivity contribution >= 4 is 17.6 Å². The fraction of sp³-hybridized carbons (Fsp3) is 0.720. The lowest BCUT2D eigenvalue weighted by molar-refractivity contribution is -0.129. The van der Waals surface area contributed by atoms with Crippen LogP contribution in [0.1, 0.15) is 65.4 Å². The van der Waals surface area contributed by atoms with Crippen LogP contribution in [0.15, 0.2) is 18.3 Å². The Balaban J connectivity index is 1.66. The number of hydrogen-bond donors (Lipinski definition) is 2. The van der Waals surface area contributed by atoms with Gasteiger partial charge in [0.05, 0.1) is 24.5 Å². The molecule has 3 atom stereocenters. The van der Waals surface area contributed by atoms with Crippen molar-refractivity contribution in [2.45, 2.75) is 71.9 Å². The average Bonchev–Trinajstić information content (AvgIpc) is 3.62. The van der Waals surface area contributed by atoms with Gasteiger partial charge in [0.15, 0.2) is 0 Å². The predicted octanol–water partition coefficient (Wildman–Crippen LogP) is 3.10. The van der Waals surface area contributed by atoms with Crippen LogP contribution in [-0.2, 0) is 14.3 Å². The molecule has 1 saturated heterocycles. The van der Waals surface area contributed by atoms with E-state index in [1.807, 2.05) is 24.1 Å². The Hall–Kier alpha value is -1.99. The number of nitrogens with one attached hydrogen (secondary N) is 2. The molecule has 0 radical (unpaired) electrons. The molecule has 7 nitrogen and oxygen atoms in total. The molecule has 0 bridgehead atoms. The predicted molar refractivity (Wildman–Crippen MR) is 127 cm³/mol. The second-order valence-corrected chi connectivity index (χ2v) is 9.85. The molecule has 0 aromatic carbocycles. The van der Waals surface area contributed by atoms with Gasteiger partial charge >= 0.3 is 0 Å². The summed E-state index contributed by atoms with van der Waals surface area (Å²) in [6.07, 6.45) is 4.46. The van der Waals surface area contributed by atoms with Crippen molar-refractivity contribution in [2.24, 2.45) is 17.8 Å². The smallest absolute Gasteiger partial charge is 0.232 e. The SMILES string of the molecule is CCOC[C@H](NC(=O)C1CNC[C@H](C(=O)N(c2ccc(C(C)C)cn2)C2CC2)C1)C(C)C. The summed E-state index contributed by atoms with van der Waals surface area (Å²) in [5.74, 6) is 1.05. The van der Waals surface area contributed by atoms with Gasteiger partial charge in [-0.3, -0.25) is 14.5 Å². The van der Waals surface area contributed by atoms with Crippen LogP contribution in [0, 0.1) is 17.8 Å². The maximum atomic E-state index is 13.5. The van der Waals surface area contributed by atoms with Gasteiger partial charge < -0.3 is 15.4 Å². The second kappa shape index (κ2) is 11.2. The van der Waals surface area contributed by atoms with Gasteiger partial charge in [-0.15, -0.1) is 0 Å². The van der Waals surface area contributed by atoms with Crippen LogP contribution in [0.25, 0.3) is 0 Å². The maximum absolute atomic E-state index is 13.5. The first-order chi connectivity index (χ1) is 15.3. The lowest BCUT2D eigenvalue weighted by Gasteiger charge is -2.33. The molecular weight excluding hydrogens is 404 g/mol. The Labute approximate surface area is 192 Å². The second-order valence-electron chi connectivity index (χ2n) is 9.85. The van der Waals surface area contributed by atoms with Crippen molar-refractivity contribution in [3.63, 3.8) is 0 Å². The van der Waals surface area contributed by atoms with Crippen molar-refractivity contribution in [3.8, 4) is 0 Å². The Morgan fingerprint density at radius 1 is 1.19 bits per heavy atom. The molecule has 32 heavy (non-hydrogen) atoms. The van der Waals surface area contributed by atoms with Gasteiger partial charge in [0.2, 0.25) is 11.8 Å². The first kappa shape index (κ1) is 24.6. The third-order valence-electron chi connectivity index (χ3n) is 6.54. The summed E-state index contributed by atoms with van der Waals surface area (Å²) in [7, 11) is 0. The molecule has 1 aromatic heterocycles. The summed E-state index contributed by atoms with van der Waals surface area (Å²) < 4.78 is 5.54. The highest BCUT2D eigenvalue weighted by molar-refractivity contribution is 5.96. The molecule has 178 valence electrons. The quantitative estimate of drug-likeness (QED) is 0.579. The topological polar surface area (TPSA) is 83.6 Å². The van der Waals surface area contributed by atoms with Gasteiger partial charge in [0.25, 0.3) is 0 Å². The van der Waals surface area contributed by atoms with E-state index < -0.39 is 0 Å². The van der Waals surface area contributed by atoms with Crippen molar-refractivity contribution < 1.29 is 14.3 Å². The molecule has 3 rings (SSSR count). The van der Waals surface area contributed by atoms with E-state index in [1.165, 1.54) is 5.56 Å². The summed E-state index contributed by atoms with van der Waals surface area (Å²) in [4.78, 5) is 33.0. The van der Waals surface area contributed by atoms with Crippen LogP contribution in [0.4, 0.5) is 5.82 Å². The number of carbonyl (C=O) groups excluding carboxylic acids is 2. The van der Waals surface area contributed by atoms with Gasteiger partial charge in [0, 0.05) is 31.9 Å². The molecule has 2 heterocycles. The molecule has 1 aliphatic heterocycles. The Bertz CT molecular complexity index is 761. The summed E-state index contributed by atoms with van der Waals surface area (Å²) in [5, 5.41) is 6.47. The number of piperidine rings is 1. The number of ether oxygens (including phenoxy) is 1. The minimum absolute atomic E-state index is 0.00536. The van der Waals surface area contributed by atoms with Gasteiger partial charge in [0.1, 0.15) is 5.82 Å². The van der Waals surface area contributed by atoms with Crippen LogP contribution in [0.5, 0.6) is 0 Å². The highest BCUT2D eigenvalue weighted by atomic mass is 16.5. The zero-order valence-electron chi connectivity index (χ0n) is 20.3. The van der Waals surface area contributed by atoms with Crippen LogP contribution >= 0.6 is 0 Å². The Morgan fingerprint density at radius 3 is 2.47 bits per heavy atom. The standard InChI is InChI=1S/C25H40N4O3/c1-6-32-15-22(17(4)5)28-24(30)19-11-20(13-26-12-19)25(31)29(21-8-9-21)23-10-7-18(14-27-23)16(2)3/h7,10,14,16-17,19-22,26H,6,8-9,11-13,15H2,1-5H3,(H,28,30)/t19?,20-,22+/m1/s1. The molecule has 2 N–H and O–H groups in total. The van der Waals surface area contributed by atoms with E-state index in [4.69, 9.17) is 4.74 Å². The molecule has 2 amide bonds. The fourth-order valence-electron chi connectivity index (χ4n) is 4.17. The van der Waals surface area contributed by atoms with Crippen LogP contribution < -0.4 is 15.5 Å². The number of pyridine rings is 1. The number of carbonyl (C=O) groups is 2. The fourth-order valence-corrected chi connectivity index (χ4v) is 4.17. The average molecular weight is 445 g/mol. The van der Waals surface area contributed by atoms with Crippen molar-refractivity contribution in [1.29, 1.82) is 0 Å². The monoisotopic (exact) mass is 444 g/mol. The van der Waals surface area contributed by atoms with E-state index in [2.05, 4.69) is 49.4 Å². The number of rotatable bonds is 10. The van der Waals surface area contributed by atoms with E-state index in [1.54, 1.807) is 0 Å². The lowest BCUT2D eigenvalue weighted by atomic mass is 9.88. The summed E-state index contributed by atoms with van der Waals surface area (Å²) in [6.45, 7) is 12.7. The third kappa shape index (κ3) is 6.29. The number of hydrogen-bond acceptors (Lipinski definition) is 5. The van der Waals surface area contributed by atoms with E-state index in [0.29, 0.717) is 38.6 Å². The maximum Gasteiger partial charge on any atom is 0.232 e. The van der Waals surface area contributed by atoms with Crippen LogP contribution in [0.2, 0.25) is 0 Å². The van der Waals surface area contributed by atoms with Crippen LogP contribution in [-0.4, -0.2) is 55.2 Å². The molecule has 2 fully saturated rings. The van der Waals surface area contributed by atoms with Crippen molar-refractivity contribution in [3.05, 3.63) is 23.9 Å². The largest absolute Gasteiger partial charge is 0.380 e. The van der Waals surface area contributed by atoms with E-state index >= 15 is 0 Å². The number of amides is 2. The first-order valence-electron chi connectivity index (χ1n) is 12.2. The van der Waals surface area contributed by atoms with Crippen LogP contribution in [0.3, 0.4) is 0 Å². The van der Waals surface area contributed by atoms with E-state index in [-0.39, 0.29) is 41.7 Å². The number of nitrogens with zero attached hydrogens (tertiary/aromatic N) is 2. The number of anilines is 1. The molecule has 2 aliphatic rings. The highest BCUT2D eigenvalue weighted by Crippen LogP contribution is 2.34. The van der Waals surface area contributed by atoms with Crippen molar-refractivity contribution in [2.75, 3.05) is 31.2 Å². The molecule has 1 aliphatic carbocycles. The molecule has 1 aromatic rings. The molecule has 0 spiro atoms. The highest BCUT2D eigenvalue weighted by Gasteiger charge is 2.40. The van der Waals surface area contributed by atoms with E-state index in [0.717, 1.165) is 18.7 Å². The van der Waals surface area contributed by atoms with Crippen molar-refractivity contribution in [1.82, 2.24) is 15.6 Å². The molecule has 1 unspecified atom stereocenters. The zero-order chi connectivity index (χ0) is 23.3. The Morgan fingerprint density at radius 2 is 1.91 bits per heavy atom. The molecular formula is C25H40N4O3. The number of aromatic nitrogens is 1. The summed E-state index contributed by atoms with van der Waals surface area (Å²) in [6, 6.07) is 4.23. The third-order valence-corrected chi connectivity index (χ3v) is 6.54. The van der Waals surface area contributed by atoms with Gasteiger partial charge in [-0.1, -0.05) is 33.8 Å². The van der Waals surface area contributed by atoms with E-state index in [9.17, 15) is 9.59 Å².